The molecule has 1 amide bonds. The molecule has 0 aliphatic heterocycles. The minimum Gasteiger partial charge on any atom is -0.393 e. The molecule has 2 N–H and O–H groups in total. The molecular formula is C15H20FNO2S. The van der Waals surface area contributed by atoms with Crippen LogP contribution in [-0.2, 0) is 4.79 Å². The monoisotopic (exact) mass is 297 g/mol. The van der Waals surface area contributed by atoms with E-state index in [1.54, 1.807) is 18.2 Å². The Hall–Kier alpha value is -1.07. The average Bonchev–Trinajstić information content (AvgIpc) is 2.46. The Morgan fingerprint density at radius 1 is 1.30 bits per heavy atom. The third-order valence-corrected chi connectivity index (χ3v) is 4.65. The predicted molar refractivity (Wildman–Crippen MR) is 78.1 cm³/mol. The number of carbonyl (C=O) groups excluding carboxylic acids is 1. The maximum Gasteiger partial charge on any atom is 0.230 e. The molecule has 5 heteroatoms. The summed E-state index contributed by atoms with van der Waals surface area (Å²) in [6, 6.07) is 6.47. The van der Waals surface area contributed by atoms with Crippen molar-refractivity contribution in [1.82, 2.24) is 5.32 Å². The van der Waals surface area contributed by atoms with Crippen LogP contribution in [0.4, 0.5) is 4.39 Å². The van der Waals surface area contributed by atoms with Gasteiger partial charge < -0.3 is 10.4 Å². The molecule has 1 aromatic rings. The average molecular weight is 297 g/mol. The fourth-order valence-corrected chi connectivity index (χ4v) is 3.13. The molecule has 1 saturated carbocycles. The number of hydrogen-bond donors (Lipinski definition) is 2. The van der Waals surface area contributed by atoms with Crippen molar-refractivity contribution in [2.45, 2.75) is 36.7 Å². The van der Waals surface area contributed by atoms with Gasteiger partial charge in [0.1, 0.15) is 5.82 Å². The number of nitrogens with one attached hydrogen (secondary N) is 1. The molecule has 0 spiro atoms. The van der Waals surface area contributed by atoms with Gasteiger partial charge in [0, 0.05) is 11.4 Å². The number of carbonyl (C=O) groups is 1. The van der Waals surface area contributed by atoms with Gasteiger partial charge in [-0.15, -0.1) is 11.8 Å². The van der Waals surface area contributed by atoms with E-state index in [0.29, 0.717) is 17.4 Å². The lowest BCUT2D eigenvalue weighted by molar-refractivity contribution is -0.118. The molecular weight excluding hydrogens is 277 g/mol. The van der Waals surface area contributed by atoms with Crippen molar-refractivity contribution in [1.29, 1.82) is 0 Å². The van der Waals surface area contributed by atoms with Gasteiger partial charge in [-0.1, -0.05) is 12.1 Å². The smallest absolute Gasteiger partial charge is 0.230 e. The second-order valence-electron chi connectivity index (χ2n) is 5.20. The van der Waals surface area contributed by atoms with Crippen molar-refractivity contribution in [3.05, 3.63) is 30.1 Å². The van der Waals surface area contributed by atoms with Gasteiger partial charge in [0.2, 0.25) is 5.91 Å². The van der Waals surface area contributed by atoms with Crippen LogP contribution in [0.25, 0.3) is 0 Å². The summed E-state index contributed by atoms with van der Waals surface area (Å²) in [7, 11) is 0. The lowest BCUT2D eigenvalue weighted by Crippen LogP contribution is -2.33. The van der Waals surface area contributed by atoms with E-state index in [-0.39, 0.29) is 23.6 Å². The fraction of sp³-hybridized carbons (Fsp3) is 0.533. The lowest BCUT2D eigenvalue weighted by atomic mass is 9.87. The van der Waals surface area contributed by atoms with Gasteiger partial charge in [0.25, 0.3) is 0 Å². The van der Waals surface area contributed by atoms with Crippen molar-refractivity contribution >= 4 is 17.7 Å². The van der Waals surface area contributed by atoms with E-state index < -0.39 is 0 Å². The zero-order valence-corrected chi connectivity index (χ0v) is 12.2. The highest BCUT2D eigenvalue weighted by Crippen LogP contribution is 2.24. The number of hydrogen-bond acceptors (Lipinski definition) is 3. The maximum atomic E-state index is 13.4. The van der Waals surface area contributed by atoms with Crippen LogP contribution >= 0.6 is 11.8 Å². The largest absolute Gasteiger partial charge is 0.393 e. The molecule has 3 nitrogen and oxygen atoms in total. The van der Waals surface area contributed by atoms with Crippen molar-refractivity contribution in [3.63, 3.8) is 0 Å². The molecule has 1 aliphatic rings. The molecule has 110 valence electrons. The molecule has 2 rings (SSSR count). The topological polar surface area (TPSA) is 49.3 Å². The summed E-state index contributed by atoms with van der Waals surface area (Å²) >= 11 is 1.22. The molecule has 0 saturated heterocycles. The summed E-state index contributed by atoms with van der Waals surface area (Å²) in [6.07, 6.45) is 3.40. The quantitative estimate of drug-likeness (QED) is 0.821. The van der Waals surface area contributed by atoms with Gasteiger partial charge >= 0.3 is 0 Å². The van der Waals surface area contributed by atoms with Crippen molar-refractivity contribution < 1.29 is 14.3 Å². The summed E-state index contributed by atoms with van der Waals surface area (Å²) in [5.74, 6) is 0.341. The van der Waals surface area contributed by atoms with E-state index in [4.69, 9.17) is 0 Å². The van der Waals surface area contributed by atoms with Crippen LogP contribution in [-0.4, -0.2) is 29.4 Å². The van der Waals surface area contributed by atoms with Gasteiger partial charge in [-0.25, -0.2) is 4.39 Å². The van der Waals surface area contributed by atoms with Crippen LogP contribution < -0.4 is 5.32 Å². The summed E-state index contributed by atoms with van der Waals surface area (Å²) in [5, 5.41) is 12.3. The fourth-order valence-electron chi connectivity index (χ4n) is 2.36. The normalized spacial score (nSPS) is 22.5. The molecule has 0 bridgehead atoms. The van der Waals surface area contributed by atoms with Gasteiger partial charge in [-0.05, 0) is 43.7 Å². The van der Waals surface area contributed by atoms with Crippen molar-refractivity contribution in [2.75, 3.05) is 12.3 Å². The predicted octanol–water partition coefficient (Wildman–Crippen LogP) is 2.59. The molecule has 20 heavy (non-hydrogen) atoms. The van der Waals surface area contributed by atoms with E-state index in [0.717, 1.165) is 25.7 Å². The second kappa shape index (κ2) is 7.64. The van der Waals surface area contributed by atoms with Crippen LogP contribution in [0.5, 0.6) is 0 Å². The third kappa shape index (κ3) is 4.80. The Morgan fingerprint density at radius 3 is 2.70 bits per heavy atom. The molecule has 1 fully saturated rings. The lowest BCUT2D eigenvalue weighted by Gasteiger charge is -2.25. The zero-order chi connectivity index (χ0) is 14.4. The van der Waals surface area contributed by atoms with Gasteiger partial charge in [-0.2, -0.15) is 0 Å². The minimum absolute atomic E-state index is 0.0654. The van der Waals surface area contributed by atoms with Gasteiger partial charge in [-0.3, -0.25) is 4.79 Å². The first-order chi connectivity index (χ1) is 9.65. The molecule has 0 heterocycles. The highest BCUT2D eigenvalue weighted by molar-refractivity contribution is 8.00. The van der Waals surface area contributed by atoms with Crippen LogP contribution in [0.3, 0.4) is 0 Å². The van der Waals surface area contributed by atoms with Crippen LogP contribution in [0, 0.1) is 11.7 Å². The first-order valence-electron chi connectivity index (χ1n) is 6.97. The van der Waals surface area contributed by atoms with E-state index in [9.17, 15) is 14.3 Å². The third-order valence-electron chi connectivity index (χ3n) is 3.60. The van der Waals surface area contributed by atoms with Crippen LogP contribution in [0.15, 0.2) is 29.2 Å². The van der Waals surface area contributed by atoms with Crippen molar-refractivity contribution in [3.8, 4) is 0 Å². The number of halogens is 1. The number of aliphatic hydroxyl groups is 1. The highest BCUT2D eigenvalue weighted by atomic mass is 32.2. The Labute approximate surface area is 123 Å². The molecule has 1 aromatic carbocycles. The Bertz CT molecular complexity index is 447. The summed E-state index contributed by atoms with van der Waals surface area (Å²) in [4.78, 5) is 12.2. The Balaban J connectivity index is 1.67. The molecule has 1 aliphatic carbocycles. The van der Waals surface area contributed by atoms with Gasteiger partial charge in [0.15, 0.2) is 0 Å². The molecule has 0 unspecified atom stereocenters. The Kier molecular flexibility index (Phi) is 5.86. The number of benzene rings is 1. The zero-order valence-electron chi connectivity index (χ0n) is 11.3. The number of rotatable bonds is 5. The second-order valence-corrected chi connectivity index (χ2v) is 6.21. The molecule has 0 radical (unpaired) electrons. The first kappa shape index (κ1) is 15.3. The van der Waals surface area contributed by atoms with E-state index in [2.05, 4.69) is 5.32 Å². The maximum absolute atomic E-state index is 13.4. The first-order valence-corrected chi connectivity index (χ1v) is 7.96. The number of aliphatic hydroxyl groups excluding tert-OH is 1. The van der Waals surface area contributed by atoms with E-state index in [1.807, 2.05) is 0 Å². The highest BCUT2D eigenvalue weighted by Gasteiger charge is 2.19. The number of amides is 1. The van der Waals surface area contributed by atoms with E-state index >= 15 is 0 Å². The standard InChI is InChI=1S/C15H20FNO2S/c16-13-3-1-2-4-14(13)20-10-15(19)17-9-11-5-7-12(18)8-6-11/h1-4,11-12,18H,5-10H2,(H,17,19). The van der Waals surface area contributed by atoms with Crippen LogP contribution in [0.1, 0.15) is 25.7 Å². The number of thioether (sulfide) groups is 1. The summed E-state index contributed by atoms with van der Waals surface area (Å²) in [5.41, 5.74) is 0. The minimum atomic E-state index is -0.286. The summed E-state index contributed by atoms with van der Waals surface area (Å²) < 4.78 is 13.4. The SMILES string of the molecule is O=C(CSc1ccccc1F)NCC1CCC(O)CC1. The molecule has 0 atom stereocenters. The van der Waals surface area contributed by atoms with Gasteiger partial charge in [0.05, 0.1) is 11.9 Å². The van der Waals surface area contributed by atoms with E-state index in [1.165, 1.54) is 17.8 Å². The van der Waals surface area contributed by atoms with Crippen LogP contribution in [0.2, 0.25) is 0 Å². The molecule has 0 aromatic heterocycles. The Morgan fingerprint density at radius 2 is 2.00 bits per heavy atom. The summed E-state index contributed by atoms with van der Waals surface area (Å²) in [6.45, 7) is 0.656. The van der Waals surface area contributed by atoms with Crippen molar-refractivity contribution in [2.24, 2.45) is 5.92 Å².